The third-order valence-corrected chi connectivity index (χ3v) is 3.63. The molecule has 1 fully saturated rings. The highest BCUT2D eigenvalue weighted by Gasteiger charge is 2.31. The van der Waals surface area contributed by atoms with Crippen molar-refractivity contribution in [1.82, 2.24) is 0 Å². The molecule has 1 aromatic rings. The van der Waals surface area contributed by atoms with Gasteiger partial charge in [-0.05, 0) is 39.5 Å². The van der Waals surface area contributed by atoms with Crippen molar-refractivity contribution in [2.24, 2.45) is 11.0 Å². The molecular formula is C11H11BrFN5O. The van der Waals surface area contributed by atoms with Gasteiger partial charge < -0.3 is 10.6 Å². The predicted molar refractivity (Wildman–Crippen MR) is 73.0 cm³/mol. The van der Waals surface area contributed by atoms with Crippen molar-refractivity contribution in [2.75, 3.05) is 23.7 Å². The van der Waals surface area contributed by atoms with Crippen molar-refractivity contribution in [3.63, 3.8) is 0 Å². The number of hydrogen-bond donors (Lipinski definition) is 1. The van der Waals surface area contributed by atoms with Gasteiger partial charge in [-0.15, -0.1) is 0 Å². The van der Waals surface area contributed by atoms with E-state index in [1.165, 1.54) is 17.0 Å². The Labute approximate surface area is 117 Å². The Morgan fingerprint density at radius 3 is 3.05 bits per heavy atom. The van der Waals surface area contributed by atoms with Gasteiger partial charge in [-0.2, -0.15) is 0 Å². The number of amides is 1. The summed E-state index contributed by atoms with van der Waals surface area (Å²) in [6.45, 7) is 0.618. The molecule has 1 unspecified atom stereocenters. The lowest BCUT2D eigenvalue weighted by molar-refractivity contribution is -0.117. The lowest BCUT2D eigenvalue weighted by Gasteiger charge is -2.19. The van der Waals surface area contributed by atoms with Crippen molar-refractivity contribution >= 4 is 33.2 Å². The van der Waals surface area contributed by atoms with Crippen molar-refractivity contribution < 1.29 is 9.18 Å². The number of rotatable bonds is 3. The molecule has 0 aromatic heterocycles. The molecule has 1 aliphatic rings. The molecule has 6 nitrogen and oxygen atoms in total. The summed E-state index contributed by atoms with van der Waals surface area (Å²) in [5.41, 5.74) is 14.8. The second-order valence-corrected chi connectivity index (χ2v) is 5.16. The molecule has 0 radical (unpaired) electrons. The largest absolute Gasteiger partial charge is 0.396 e. The third-order valence-electron chi connectivity index (χ3n) is 2.97. The van der Waals surface area contributed by atoms with Gasteiger partial charge in [0.05, 0.1) is 11.4 Å². The van der Waals surface area contributed by atoms with Gasteiger partial charge in [-0.3, -0.25) is 4.79 Å². The minimum atomic E-state index is -0.470. The standard InChI is InChI=1S/C11H11BrFN5O/c12-8-2-7(13)3-9(11(8)14)18-5-6(1-10(18)19)4-16-17-15/h2-3,6H,1,4-5,14H2. The lowest BCUT2D eigenvalue weighted by atomic mass is 10.1. The second-order valence-electron chi connectivity index (χ2n) is 4.31. The molecule has 0 aliphatic carbocycles. The lowest BCUT2D eigenvalue weighted by Crippen LogP contribution is -2.26. The van der Waals surface area contributed by atoms with Crippen molar-refractivity contribution in [2.45, 2.75) is 6.42 Å². The first kappa shape index (κ1) is 13.6. The van der Waals surface area contributed by atoms with Gasteiger partial charge >= 0.3 is 0 Å². The summed E-state index contributed by atoms with van der Waals surface area (Å²) in [7, 11) is 0. The molecule has 0 spiro atoms. The average Bonchev–Trinajstić information content (AvgIpc) is 2.72. The normalized spacial score (nSPS) is 18.5. The van der Waals surface area contributed by atoms with Gasteiger partial charge in [0.2, 0.25) is 5.91 Å². The quantitative estimate of drug-likeness (QED) is 0.400. The molecule has 1 atom stereocenters. The number of hydrogen-bond acceptors (Lipinski definition) is 3. The van der Waals surface area contributed by atoms with Gasteiger partial charge in [0, 0.05) is 28.9 Å². The fraction of sp³-hybridized carbons (Fsp3) is 0.364. The van der Waals surface area contributed by atoms with Crippen molar-refractivity contribution in [3.05, 3.63) is 32.9 Å². The van der Waals surface area contributed by atoms with Gasteiger partial charge in [0.15, 0.2) is 0 Å². The van der Waals surface area contributed by atoms with E-state index in [-0.39, 0.29) is 24.8 Å². The molecule has 0 bridgehead atoms. The van der Waals surface area contributed by atoms with Crippen LogP contribution in [0.2, 0.25) is 0 Å². The number of nitrogens with zero attached hydrogens (tertiary/aromatic N) is 4. The first-order valence-electron chi connectivity index (χ1n) is 5.58. The summed E-state index contributed by atoms with van der Waals surface area (Å²) >= 11 is 3.15. The maximum atomic E-state index is 13.4. The van der Waals surface area contributed by atoms with E-state index in [1.54, 1.807) is 0 Å². The Kier molecular flexibility index (Phi) is 3.92. The van der Waals surface area contributed by atoms with E-state index < -0.39 is 5.82 Å². The molecular weight excluding hydrogens is 317 g/mol. The molecule has 1 aliphatic heterocycles. The average molecular weight is 328 g/mol. The smallest absolute Gasteiger partial charge is 0.227 e. The molecule has 100 valence electrons. The van der Waals surface area contributed by atoms with Crippen LogP contribution in [0.15, 0.2) is 21.7 Å². The van der Waals surface area contributed by atoms with Crippen LogP contribution in [0.5, 0.6) is 0 Å². The SMILES string of the molecule is [N-]=[N+]=NCC1CC(=O)N(c2cc(F)cc(Br)c2N)C1. The molecule has 0 saturated carbocycles. The maximum absolute atomic E-state index is 13.4. The van der Waals surface area contributed by atoms with Crippen molar-refractivity contribution in [3.8, 4) is 0 Å². The number of carbonyl (C=O) groups excluding carboxylic acids is 1. The Balaban J connectivity index is 2.28. The molecule has 2 rings (SSSR count). The highest BCUT2D eigenvalue weighted by atomic mass is 79.9. The molecule has 8 heteroatoms. The van der Waals surface area contributed by atoms with Gasteiger partial charge in [-0.25, -0.2) is 4.39 Å². The summed E-state index contributed by atoms with van der Waals surface area (Å²) in [6, 6.07) is 2.48. The zero-order valence-corrected chi connectivity index (χ0v) is 11.5. The van der Waals surface area contributed by atoms with E-state index in [0.717, 1.165) is 0 Å². The van der Waals surface area contributed by atoms with E-state index >= 15 is 0 Å². The van der Waals surface area contributed by atoms with Crippen LogP contribution in [0.3, 0.4) is 0 Å². The number of halogens is 2. The Hall–Kier alpha value is -1.79. The van der Waals surface area contributed by atoms with E-state index in [2.05, 4.69) is 26.0 Å². The van der Waals surface area contributed by atoms with Crippen LogP contribution in [0, 0.1) is 11.7 Å². The fourth-order valence-corrected chi connectivity index (χ4v) is 2.50. The zero-order valence-electron chi connectivity index (χ0n) is 9.88. The Morgan fingerprint density at radius 1 is 1.63 bits per heavy atom. The minimum Gasteiger partial charge on any atom is -0.396 e. The van der Waals surface area contributed by atoms with Gasteiger partial charge in [-0.1, -0.05) is 5.11 Å². The van der Waals surface area contributed by atoms with Crippen LogP contribution in [0.25, 0.3) is 10.4 Å². The van der Waals surface area contributed by atoms with Crippen LogP contribution >= 0.6 is 15.9 Å². The monoisotopic (exact) mass is 327 g/mol. The summed E-state index contributed by atoms with van der Waals surface area (Å²) in [5.74, 6) is -0.686. The molecule has 1 aromatic carbocycles. The number of nitrogen functional groups attached to an aromatic ring is 1. The van der Waals surface area contributed by atoms with Crippen molar-refractivity contribution in [1.29, 1.82) is 0 Å². The highest BCUT2D eigenvalue weighted by Crippen LogP contribution is 2.35. The van der Waals surface area contributed by atoms with E-state index in [1.807, 2.05) is 0 Å². The van der Waals surface area contributed by atoms with Gasteiger partial charge in [0.1, 0.15) is 5.82 Å². The summed E-state index contributed by atoms with van der Waals surface area (Å²) in [4.78, 5) is 16.0. The second kappa shape index (κ2) is 5.46. The van der Waals surface area contributed by atoms with Crippen LogP contribution in [0.1, 0.15) is 6.42 Å². The Bertz CT molecular complexity index is 572. The number of benzene rings is 1. The Morgan fingerprint density at radius 2 is 2.37 bits per heavy atom. The van der Waals surface area contributed by atoms with Crippen LogP contribution in [-0.4, -0.2) is 19.0 Å². The van der Waals surface area contributed by atoms with Crippen LogP contribution in [0.4, 0.5) is 15.8 Å². The van der Waals surface area contributed by atoms with Gasteiger partial charge in [0.25, 0.3) is 0 Å². The summed E-state index contributed by atoms with van der Waals surface area (Å²) in [6.07, 6.45) is 0.270. The van der Waals surface area contributed by atoms with E-state index in [0.29, 0.717) is 22.4 Å². The molecule has 1 heterocycles. The molecule has 1 amide bonds. The topological polar surface area (TPSA) is 95.1 Å². The van der Waals surface area contributed by atoms with E-state index in [4.69, 9.17) is 11.3 Å². The fourth-order valence-electron chi connectivity index (χ4n) is 2.08. The summed E-state index contributed by atoms with van der Waals surface area (Å²) < 4.78 is 13.8. The number of azide groups is 1. The van der Waals surface area contributed by atoms with Crippen LogP contribution in [-0.2, 0) is 4.79 Å². The van der Waals surface area contributed by atoms with E-state index in [9.17, 15) is 9.18 Å². The molecule has 19 heavy (non-hydrogen) atoms. The highest BCUT2D eigenvalue weighted by molar-refractivity contribution is 9.10. The minimum absolute atomic E-state index is 0.0650. The first-order valence-corrected chi connectivity index (χ1v) is 6.38. The number of anilines is 2. The summed E-state index contributed by atoms with van der Waals surface area (Å²) in [5, 5.41) is 3.46. The number of carbonyl (C=O) groups is 1. The zero-order chi connectivity index (χ0) is 14.0. The number of nitrogens with two attached hydrogens (primary N) is 1. The maximum Gasteiger partial charge on any atom is 0.227 e. The van der Waals surface area contributed by atoms with Crippen LogP contribution < -0.4 is 10.6 Å². The molecule has 2 N–H and O–H groups in total. The molecule has 1 saturated heterocycles. The first-order chi connectivity index (χ1) is 9.02. The predicted octanol–water partition coefficient (Wildman–Crippen LogP) is 2.83. The third kappa shape index (κ3) is 2.80.